The Hall–Kier alpha value is -0.0400. The summed E-state index contributed by atoms with van der Waals surface area (Å²) in [4.78, 5) is 0. The van der Waals surface area contributed by atoms with E-state index in [1.807, 2.05) is 0 Å². The first kappa shape index (κ1) is 11.4. The van der Waals surface area contributed by atoms with Crippen LogP contribution in [0.15, 0.2) is 0 Å². The third-order valence-corrected chi connectivity index (χ3v) is 4.35. The van der Waals surface area contributed by atoms with Crippen LogP contribution in [-0.4, -0.2) is 12.6 Å². The van der Waals surface area contributed by atoms with Crippen molar-refractivity contribution in [2.45, 2.75) is 58.9 Å². The van der Waals surface area contributed by atoms with Crippen molar-refractivity contribution in [2.24, 2.45) is 23.7 Å². The van der Waals surface area contributed by atoms with Crippen molar-refractivity contribution in [2.75, 3.05) is 6.54 Å². The Morgan fingerprint density at radius 1 is 1.20 bits per heavy atom. The number of hydrogen-bond donors (Lipinski definition) is 1. The maximum Gasteiger partial charge on any atom is 0.00104 e. The van der Waals surface area contributed by atoms with E-state index in [9.17, 15) is 0 Å². The standard InChI is InChI=1S/C14H27N/c1-10(2)15-9-13-8-14(13)12-6-4-5-11(3)7-12/h10-15H,4-9H2,1-3H3. The predicted molar refractivity (Wildman–Crippen MR) is 65.9 cm³/mol. The van der Waals surface area contributed by atoms with Crippen molar-refractivity contribution in [3.05, 3.63) is 0 Å². The fraction of sp³-hybridized carbons (Fsp3) is 1.00. The first-order valence-electron chi connectivity index (χ1n) is 6.90. The molecule has 1 N–H and O–H groups in total. The first-order chi connectivity index (χ1) is 7.16. The molecule has 0 aromatic heterocycles. The Labute approximate surface area is 95.0 Å². The molecule has 2 fully saturated rings. The van der Waals surface area contributed by atoms with Gasteiger partial charge in [-0.3, -0.25) is 0 Å². The molecular formula is C14H27N. The van der Waals surface area contributed by atoms with Crippen molar-refractivity contribution < 1.29 is 0 Å². The van der Waals surface area contributed by atoms with Gasteiger partial charge in [-0.15, -0.1) is 0 Å². The monoisotopic (exact) mass is 209 g/mol. The lowest BCUT2D eigenvalue weighted by atomic mass is 9.79. The lowest BCUT2D eigenvalue weighted by molar-refractivity contribution is 0.247. The Kier molecular flexibility index (Phi) is 3.71. The maximum atomic E-state index is 3.59. The summed E-state index contributed by atoms with van der Waals surface area (Å²) in [7, 11) is 0. The Morgan fingerprint density at radius 2 is 2.00 bits per heavy atom. The second-order valence-electron chi connectivity index (χ2n) is 6.25. The van der Waals surface area contributed by atoms with Gasteiger partial charge in [-0.1, -0.05) is 40.0 Å². The molecule has 4 unspecified atom stereocenters. The van der Waals surface area contributed by atoms with E-state index in [1.54, 1.807) is 0 Å². The molecule has 2 rings (SSSR count). The number of rotatable bonds is 4. The average molecular weight is 209 g/mol. The Morgan fingerprint density at radius 3 is 2.67 bits per heavy atom. The summed E-state index contributed by atoms with van der Waals surface area (Å²) in [5.41, 5.74) is 0. The predicted octanol–water partition coefficient (Wildman–Crippen LogP) is 3.45. The van der Waals surface area contributed by atoms with Crippen LogP contribution in [0.1, 0.15) is 52.9 Å². The molecule has 1 nitrogen and oxygen atoms in total. The van der Waals surface area contributed by atoms with Crippen LogP contribution < -0.4 is 5.32 Å². The summed E-state index contributed by atoms with van der Waals surface area (Å²) >= 11 is 0. The first-order valence-corrected chi connectivity index (χ1v) is 6.90. The van der Waals surface area contributed by atoms with Crippen molar-refractivity contribution in [3.63, 3.8) is 0 Å². The molecule has 0 aromatic carbocycles. The van der Waals surface area contributed by atoms with Gasteiger partial charge in [0.25, 0.3) is 0 Å². The third-order valence-electron chi connectivity index (χ3n) is 4.35. The molecular weight excluding hydrogens is 182 g/mol. The zero-order chi connectivity index (χ0) is 10.8. The van der Waals surface area contributed by atoms with E-state index in [1.165, 1.54) is 38.6 Å². The highest BCUT2D eigenvalue weighted by molar-refractivity contribution is 4.94. The highest BCUT2D eigenvalue weighted by Gasteiger charge is 2.43. The van der Waals surface area contributed by atoms with Crippen LogP contribution in [0.3, 0.4) is 0 Å². The van der Waals surface area contributed by atoms with Gasteiger partial charge in [0.2, 0.25) is 0 Å². The van der Waals surface area contributed by atoms with Gasteiger partial charge >= 0.3 is 0 Å². The van der Waals surface area contributed by atoms with Crippen LogP contribution in [0.4, 0.5) is 0 Å². The van der Waals surface area contributed by atoms with Gasteiger partial charge < -0.3 is 5.32 Å². The number of nitrogens with one attached hydrogen (secondary N) is 1. The Balaban J connectivity index is 1.68. The molecule has 2 aliphatic rings. The SMILES string of the molecule is CC1CCCC(C2CC2CNC(C)C)C1. The van der Waals surface area contributed by atoms with Gasteiger partial charge in [-0.25, -0.2) is 0 Å². The lowest BCUT2D eigenvalue weighted by Crippen LogP contribution is -2.26. The van der Waals surface area contributed by atoms with Crippen LogP contribution in [0.2, 0.25) is 0 Å². The Bertz CT molecular complexity index is 200. The molecule has 88 valence electrons. The van der Waals surface area contributed by atoms with Crippen molar-refractivity contribution >= 4 is 0 Å². The molecule has 2 aliphatic carbocycles. The quantitative estimate of drug-likeness (QED) is 0.748. The summed E-state index contributed by atoms with van der Waals surface area (Å²) in [5.74, 6) is 4.18. The lowest BCUT2D eigenvalue weighted by Gasteiger charge is -2.27. The van der Waals surface area contributed by atoms with Crippen LogP contribution in [-0.2, 0) is 0 Å². The van der Waals surface area contributed by atoms with Gasteiger partial charge in [-0.2, -0.15) is 0 Å². The van der Waals surface area contributed by atoms with Crippen LogP contribution in [0.5, 0.6) is 0 Å². The maximum absolute atomic E-state index is 3.59. The third kappa shape index (κ3) is 3.21. The normalized spacial score (nSPS) is 40.8. The van der Waals surface area contributed by atoms with Crippen molar-refractivity contribution in [3.8, 4) is 0 Å². The fourth-order valence-corrected chi connectivity index (χ4v) is 3.34. The minimum atomic E-state index is 0.663. The second-order valence-corrected chi connectivity index (χ2v) is 6.25. The van der Waals surface area contributed by atoms with Crippen molar-refractivity contribution in [1.82, 2.24) is 5.32 Å². The average Bonchev–Trinajstić information content (AvgIpc) is 2.94. The van der Waals surface area contributed by atoms with Gasteiger partial charge in [0.05, 0.1) is 0 Å². The molecule has 0 spiro atoms. The van der Waals surface area contributed by atoms with Crippen LogP contribution >= 0.6 is 0 Å². The van der Waals surface area contributed by atoms with E-state index in [0.29, 0.717) is 6.04 Å². The van der Waals surface area contributed by atoms with E-state index in [-0.39, 0.29) is 0 Å². The molecule has 2 saturated carbocycles. The van der Waals surface area contributed by atoms with E-state index in [0.717, 1.165) is 23.7 Å². The summed E-state index contributed by atoms with van der Waals surface area (Å²) in [5, 5.41) is 3.59. The van der Waals surface area contributed by atoms with Gasteiger partial charge in [0, 0.05) is 6.04 Å². The molecule has 0 radical (unpaired) electrons. The molecule has 0 aliphatic heterocycles. The largest absolute Gasteiger partial charge is 0.314 e. The van der Waals surface area contributed by atoms with E-state index < -0.39 is 0 Å². The van der Waals surface area contributed by atoms with Crippen LogP contribution in [0, 0.1) is 23.7 Å². The smallest absolute Gasteiger partial charge is 0.00104 e. The van der Waals surface area contributed by atoms with E-state index in [4.69, 9.17) is 0 Å². The zero-order valence-electron chi connectivity index (χ0n) is 10.6. The topological polar surface area (TPSA) is 12.0 Å². The summed E-state index contributed by atoms with van der Waals surface area (Å²) in [6, 6.07) is 0.663. The molecule has 0 bridgehead atoms. The summed E-state index contributed by atoms with van der Waals surface area (Å²) in [6.45, 7) is 8.21. The summed E-state index contributed by atoms with van der Waals surface area (Å²) in [6.07, 6.45) is 7.53. The molecule has 0 amide bonds. The molecule has 0 heterocycles. The van der Waals surface area contributed by atoms with Gasteiger partial charge in [0.1, 0.15) is 0 Å². The highest BCUT2D eigenvalue weighted by Crippen LogP contribution is 2.49. The van der Waals surface area contributed by atoms with Crippen molar-refractivity contribution in [1.29, 1.82) is 0 Å². The molecule has 0 aromatic rings. The fourth-order valence-electron chi connectivity index (χ4n) is 3.34. The second kappa shape index (κ2) is 4.86. The minimum Gasteiger partial charge on any atom is -0.314 e. The minimum absolute atomic E-state index is 0.663. The van der Waals surface area contributed by atoms with Crippen LogP contribution in [0.25, 0.3) is 0 Å². The highest BCUT2D eigenvalue weighted by atomic mass is 14.9. The summed E-state index contributed by atoms with van der Waals surface area (Å²) < 4.78 is 0. The van der Waals surface area contributed by atoms with Gasteiger partial charge in [0.15, 0.2) is 0 Å². The van der Waals surface area contributed by atoms with Gasteiger partial charge in [-0.05, 0) is 43.1 Å². The van der Waals surface area contributed by atoms with E-state index >= 15 is 0 Å². The molecule has 0 saturated heterocycles. The molecule has 4 atom stereocenters. The van der Waals surface area contributed by atoms with E-state index in [2.05, 4.69) is 26.1 Å². The zero-order valence-corrected chi connectivity index (χ0v) is 10.6. The molecule has 15 heavy (non-hydrogen) atoms. The number of hydrogen-bond acceptors (Lipinski definition) is 1. The molecule has 1 heteroatoms.